The highest BCUT2D eigenvalue weighted by molar-refractivity contribution is 7.89. The molecule has 164 valence electrons. The Kier molecular flexibility index (Phi) is 8.25. The molecule has 0 aliphatic rings. The van der Waals surface area contributed by atoms with Crippen molar-refractivity contribution in [1.82, 2.24) is 14.9 Å². The summed E-state index contributed by atoms with van der Waals surface area (Å²) in [6, 6.07) is 13.1. The maximum atomic E-state index is 12.6. The predicted molar refractivity (Wildman–Crippen MR) is 121 cm³/mol. The zero-order valence-corrected chi connectivity index (χ0v) is 19.4. The zero-order chi connectivity index (χ0) is 22.3. The second-order valence-corrected chi connectivity index (χ2v) is 9.57. The molecule has 0 saturated heterocycles. The highest BCUT2D eigenvalue weighted by atomic mass is 32.2. The molecule has 0 amide bonds. The zero-order valence-electron chi connectivity index (χ0n) is 18.6. The van der Waals surface area contributed by atoms with Gasteiger partial charge in [0.25, 0.3) is 0 Å². The first-order valence-corrected chi connectivity index (χ1v) is 11.3. The van der Waals surface area contributed by atoms with Gasteiger partial charge in [-0.2, -0.15) is 0 Å². The average Bonchev–Trinajstić information content (AvgIpc) is 2.69. The van der Waals surface area contributed by atoms with Crippen LogP contribution in [0.5, 0.6) is 5.75 Å². The second-order valence-electron chi connectivity index (χ2n) is 7.45. The SMILES string of the molecule is CN=C(NCc1ccc(C)cc1OC(C)C)NCc1ccccc1S(=O)(=O)N(C)C. The Morgan fingerprint density at radius 2 is 1.70 bits per heavy atom. The summed E-state index contributed by atoms with van der Waals surface area (Å²) in [5.41, 5.74) is 2.83. The summed E-state index contributed by atoms with van der Waals surface area (Å²) >= 11 is 0. The molecule has 30 heavy (non-hydrogen) atoms. The number of aliphatic imine (C=N–C) groups is 1. The average molecular weight is 433 g/mol. The van der Waals surface area contributed by atoms with Gasteiger partial charge in [0.1, 0.15) is 5.75 Å². The molecule has 2 aromatic carbocycles. The second kappa shape index (κ2) is 10.4. The van der Waals surface area contributed by atoms with Crippen LogP contribution in [0.2, 0.25) is 0 Å². The molecule has 2 aromatic rings. The number of guanidine groups is 1. The smallest absolute Gasteiger partial charge is 0.242 e. The van der Waals surface area contributed by atoms with Gasteiger partial charge in [-0.15, -0.1) is 0 Å². The first-order chi connectivity index (χ1) is 14.1. The summed E-state index contributed by atoms with van der Waals surface area (Å²) < 4.78 is 32.3. The van der Waals surface area contributed by atoms with Crippen molar-refractivity contribution in [3.8, 4) is 5.75 Å². The molecule has 0 atom stereocenters. The molecule has 0 bridgehead atoms. The van der Waals surface area contributed by atoms with E-state index in [-0.39, 0.29) is 11.0 Å². The van der Waals surface area contributed by atoms with Crippen molar-refractivity contribution < 1.29 is 13.2 Å². The van der Waals surface area contributed by atoms with Gasteiger partial charge in [-0.3, -0.25) is 4.99 Å². The predicted octanol–water partition coefficient (Wildman–Crippen LogP) is 2.90. The lowest BCUT2D eigenvalue weighted by molar-refractivity contribution is 0.239. The maximum Gasteiger partial charge on any atom is 0.242 e. The Balaban J connectivity index is 2.09. The van der Waals surface area contributed by atoms with E-state index in [1.807, 2.05) is 45.0 Å². The number of nitrogens with zero attached hydrogens (tertiary/aromatic N) is 2. The van der Waals surface area contributed by atoms with Crippen molar-refractivity contribution in [3.63, 3.8) is 0 Å². The normalized spacial score (nSPS) is 12.3. The third-order valence-electron chi connectivity index (χ3n) is 4.43. The van der Waals surface area contributed by atoms with Gasteiger partial charge < -0.3 is 15.4 Å². The van der Waals surface area contributed by atoms with E-state index < -0.39 is 10.0 Å². The van der Waals surface area contributed by atoms with Crippen molar-refractivity contribution in [3.05, 3.63) is 59.2 Å². The highest BCUT2D eigenvalue weighted by Gasteiger charge is 2.20. The molecule has 0 aromatic heterocycles. The molecule has 2 rings (SSSR count). The summed E-state index contributed by atoms with van der Waals surface area (Å²) in [7, 11) is 1.21. The summed E-state index contributed by atoms with van der Waals surface area (Å²) in [5.74, 6) is 1.42. The van der Waals surface area contributed by atoms with E-state index in [2.05, 4.69) is 15.6 Å². The molecule has 0 unspecified atom stereocenters. The summed E-state index contributed by atoms with van der Waals surface area (Å²) in [6.45, 7) is 6.88. The van der Waals surface area contributed by atoms with Gasteiger partial charge in [-0.05, 0) is 44.0 Å². The van der Waals surface area contributed by atoms with Crippen molar-refractivity contribution >= 4 is 16.0 Å². The molecule has 0 heterocycles. The number of nitrogens with one attached hydrogen (secondary N) is 2. The van der Waals surface area contributed by atoms with Crippen LogP contribution in [-0.2, 0) is 23.1 Å². The van der Waals surface area contributed by atoms with E-state index >= 15 is 0 Å². The Hall–Kier alpha value is -2.58. The highest BCUT2D eigenvalue weighted by Crippen LogP contribution is 2.22. The van der Waals surface area contributed by atoms with Gasteiger partial charge >= 0.3 is 0 Å². The Bertz CT molecular complexity index is 986. The van der Waals surface area contributed by atoms with Gasteiger partial charge in [-0.25, -0.2) is 12.7 Å². The molecule has 2 N–H and O–H groups in total. The lowest BCUT2D eigenvalue weighted by Gasteiger charge is -2.18. The van der Waals surface area contributed by atoms with Gasteiger partial charge in [0, 0.05) is 39.8 Å². The van der Waals surface area contributed by atoms with Crippen LogP contribution >= 0.6 is 0 Å². The minimum atomic E-state index is -3.52. The molecule has 7 nitrogen and oxygen atoms in total. The van der Waals surface area contributed by atoms with Gasteiger partial charge in [-0.1, -0.05) is 30.3 Å². The van der Waals surface area contributed by atoms with Gasteiger partial charge in [0.05, 0.1) is 11.0 Å². The van der Waals surface area contributed by atoms with Crippen molar-refractivity contribution in [2.24, 2.45) is 4.99 Å². The molecular formula is C22H32N4O3S. The van der Waals surface area contributed by atoms with Crippen LogP contribution in [0.3, 0.4) is 0 Å². The molecule has 0 saturated carbocycles. The van der Waals surface area contributed by atoms with Crippen LogP contribution in [0.25, 0.3) is 0 Å². The van der Waals surface area contributed by atoms with Crippen LogP contribution in [0.15, 0.2) is 52.4 Å². The molecule has 0 aliphatic carbocycles. The monoisotopic (exact) mass is 432 g/mol. The van der Waals surface area contributed by atoms with Crippen LogP contribution in [0.4, 0.5) is 0 Å². The van der Waals surface area contributed by atoms with E-state index in [1.165, 1.54) is 18.4 Å². The van der Waals surface area contributed by atoms with Gasteiger partial charge in [0.15, 0.2) is 5.96 Å². The third-order valence-corrected chi connectivity index (χ3v) is 6.35. The van der Waals surface area contributed by atoms with E-state index in [0.29, 0.717) is 24.6 Å². The lowest BCUT2D eigenvalue weighted by atomic mass is 10.1. The van der Waals surface area contributed by atoms with E-state index in [1.54, 1.807) is 25.2 Å². The number of ether oxygens (including phenoxy) is 1. The molecule has 0 radical (unpaired) electrons. The summed E-state index contributed by atoms with van der Waals surface area (Å²) in [6.07, 6.45) is 0.0816. The van der Waals surface area contributed by atoms with Crippen molar-refractivity contribution in [2.75, 3.05) is 21.1 Å². The Morgan fingerprint density at radius 3 is 2.30 bits per heavy atom. The van der Waals surface area contributed by atoms with Crippen LogP contribution in [0.1, 0.15) is 30.5 Å². The molecule has 0 aliphatic heterocycles. The molecular weight excluding hydrogens is 400 g/mol. The number of rotatable bonds is 8. The van der Waals surface area contributed by atoms with Crippen LogP contribution < -0.4 is 15.4 Å². The summed E-state index contributed by atoms with van der Waals surface area (Å²) in [5, 5.41) is 6.46. The van der Waals surface area contributed by atoms with Crippen molar-refractivity contribution in [1.29, 1.82) is 0 Å². The number of sulfonamides is 1. The van der Waals surface area contributed by atoms with E-state index in [9.17, 15) is 8.42 Å². The first kappa shape index (κ1) is 23.7. The fourth-order valence-corrected chi connectivity index (χ4v) is 3.96. The van der Waals surface area contributed by atoms with Crippen LogP contribution in [-0.4, -0.2) is 45.9 Å². The van der Waals surface area contributed by atoms with Crippen LogP contribution in [0, 0.1) is 6.92 Å². The number of hydrogen-bond donors (Lipinski definition) is 2. The quantitative estimate of drug-likeness (QED) is 0.495. The fourth-order valence-electron chi connectivity index (χ4n) is 2.85. The Labute approximate surface area is 180 Å². The molecule has 0 fully saturated rings. The number of hydrogen-bond acceptors (Lipinski definition) is 4. The number of aryl methyl sites for hydroxylation is 1. The minimum Gasteiger partial charge on any atom is -0.491 e. The minimum absolute atomic E-state index is 0.0816. The molecule has 8 heteroatoms. The largest absolute Gasteiger partial charge is 0.491 e. The summed E-state index contributed by atoms with van der Waals surface area (Å²) in [4.78, 5) is 4.53. The fraction of sp³-hybridized carbons (Fsp3) is 0.409. The lowest BCUT2D eigenvalue weighted by Crippen LogP contribution is -2.37. The van der Waals surface area contributed by atoms with E-state index in [4.69, 9.17) is 4.74 Å². The molecule has 0 spiro atoms. The standard InChI is InChI=1S/C22H32N4O3S/c1-16(2)29-20-13-17(3)11-12-18(20)14-24-22(23-4)25-15-19-9-7-8-10-21(19)30(27,28)26(5)6/h7-13,16H,14-15H2,1-6H3,(H2,23,24,25). The van der Waals surface area contributed by atoms with E-state index in [0.717, 1.165) is 16.9 Å². The van der Waals surface area contributed by atoms with Gasteiger partial charge in [0.2, 0.25) is 10.0 Å². The third kappa shape index (κ3) is 6.21. The first-order valence-electron chi connectivity index (χ1n) is 9.86. The number of benzene rings is 2. The van der Waals surface area contributed by atoms with Crippen molar-refractivity contribution in [2.45, 2.75) is 44.9 Å². The maximum absolute atomic E-state index is 12.6. The Morgan fingerprint density at radius 1 is 1.07 bits per heavy atom. The topological polar surface area (TPSA) is 83.0 Å².